The first kappa shape index (κ1) is 12.4. The third-order valence-electron chi connectivity index (χ3n) is 1.99. The maximum Gasteiger partial charge on any atom is 0.339 e. The minimum absolute atomic E-state index is 0.398. The number of carbonyl (C=O) groups excluding carboxylic acids is 1. The van der Waals surface area contributed by atoms with Crippen molar-refractivity contribution in [3.8, 4) is 0 Å². The van der Waals surface area contributed by atoms with Gasteiger partial charge in [-0.25, -0.2) is 9.68 Å². The molecule has 1 unspecified atom stereocenters. The standard InChI is InChI=1S/C9H18O4/c1-5-7(13-11)8(10)12-9(3,4)6-2/h7,11H,5-6H2,1-4H3. The van der Waals surface area contributed by atoms with Gasteiger partial charge in [-0.3, -0.25) is 5.26 Å². The summed E-state index contributed by atoms with van der Waals surface area (Å²) in [5.41, 5.74) is -0.497. The molecule has 0 amide bonds. The molecule has 0 aliphatic rings. The van der Waals surface area contributed by atoms with E-state index in [-0.39, 0.29) is 0 Å². The molecule has 0 heterocycles. The molecule has 0 aliphatic heterocycles. The van der Waals surface area contributed by atoms with Crippen LogP contribution in [0.1, 0.15) is 40.5 Å². The topological polar surface area (TPSA) is 55.8 Å². The molecule has 0 fully saturated rings. The second kappa shape index (κ2) is 5.19. The predicted molar refractivity (Wildman–Crippen MR) is 48.3 cm³/mol. The van der Waals surface area contributed by atoms with E-state index >= 15 is 0 Å². The summed E-state index contributed by atoms with van der Waals surface area (Å²) in [7, 11) is 0. The Morgan fingerprint density at radius 3 is 2.31 bits per heavy atom. The molecule has 0 aliphatic carbocycles. The van der Waals surface area contributed by atoms with Crippen molar-refractivity contribution >= 4 is 5.97 Å². The van der Waals surface area contributed by atoms with E-state index in [2.05, 4.69) is 4.89 Å². The number of carbonyl (C=O) groups is 1. The van der Waals surface area contributed by atoms with Crippen molar-refractivity contribution in [3.63, 3.8) is 0 Å². The third kappa shape index (κ3) is 4.24. The fourth-order valence-electron chi connectivity index (χ4n) is 0.694. The van der Waals surface area contributed by atoms with Crippen molar-refractivity contribution in [2.75, 3.05) is 0 Å². The van der Waals surface area contributed by atoms with Crippen molar-refractivity contribution in [1.29, 1.82) is 0 Å². The van der Waals surface area contributed by atoms with Crippen LogP contribution in [0, 0.1) is 0 Å². The second-order valence-corrected chi connectivity index (χ2v) is 3.54. The van der Waals surface area contributed by atoms with Gasteiger partial charge in [-0.2, -0.15) is 0 Å². The molecule has 78 valence electrons. The molecule has 0 aromatic carbocycles. The van der Waals surface area contributed by atoms with Gasteiger partial charge in [0.05, 0.1) is 0 Å². The van der Waals surface area contributed by atoms with E-state index in [4.69, 9.17) is 9.99 Å². The molecule has 0 aromatic rings. The zero-order valence-corrected chi connectivity index (χ0v) is 8.66. The van der Waals surface area contributed by atoms with Gasteiger partial charge >= 0.3 is 5.97 Å². The molecular weight excluding hydrogens is 172 g/mol. The highest BCUT2D eigenvalue weighted by molar-refractivity contribution is 5.74. The Kier molecular flexibility index (Phi) is 4.95. The van der Waals surface area contributed by atoms with Crippen LogP contribution >= 0.6 is 0 Å². The van der Waals surface area contributed by atoms with Crippen molar-refractivity contribution in [2.45, 2.75) is 52.2 Å². The molecule has 0 bridgehead atoms. The molecule has 4 nitrogen and oxygen atoms in total. The van der Waals surface area contributed by atoms with Gasteiger partial charge in [-0.15, -0.1) is 0 Å². The van der Waals surface area contributed by atoms with Crippen molar-refractivity contribution in [1.82, 2.24) is 0 Å². The normalized spacial score (nSPS) is 13.9. The van der Waals surface area contributed by atoms with Gasteiger partial charge < -0.3 is 4.74 Å². The molecular formula is C9H18O4. The van der Waals surface area contributed by atoms with E-state index in [9.17, 15) is 4.79 Å². The molecule has 0 aromatic heterocycles. The number of hydrogen-bond acceptors (Lipinski definition) is 4. The van der Waals surface area contributed by atoms with E-state index in [1.54, 1.807) is 6.92 Å². The number of rotatable bonds is 5. The Morgan fingerprint density at radius 1 is 1.46 bits per heavy atom. The molecule has 1 N–H and O–H groups in total. The van der Waals surface area contributed by atoms with Crippen LogP contribution in [0.25, 0.3) is 0 Å². The lowest BCUT2D eigenvalue weighted by molar-refractivity contribution is -0.281. The highest BCUT2D eigenvalue weighted by atomic mass is 17.1. The molecule has 13 heavy (non-hydrogen) atoms. The Bertz CT molecular complexity index is 161. The smallest absolute Gasteiger partial charge is 0.339 e. The minimum Gasteiger partial charge on any atom is -0.458 e. The quantitative estimate of drug-likeness (QED) is 0.409. The highest BCUT2D eigenvalue weighted by Gasteiger charge is 2.26. The molecule has 0 saturated carbocycles. The first-order valence-electron chi connectivity index (χ1n) is 4.50. The summed E-state index contributed by atoms with van der Waals surface area (Å²) in [6.07, 6.45) is 0.251. The van der Waals surface area contributed by atoms with E-state index < -0.39 is 17.7 Å². The van der Waals surface area contributed by atoms with E-state index in [0.717, 1.165) is 6.42 Å². The monoisotopic (exact) mass is 190 g/mol. The van der Waals surface area contributed by atoms with Gasteiger partial charge in [0.1, 0.15) is 5.60 Å². The van der Waals surface area contributed by atoms with E-state index in [1.807, 2.05) is 20.8 Å². The Morgan fingerprint density at radius 2 is 2.00 bits per heavy atom. The maximum atomic E-state index is 11.3. The van der Waals surface area contributed by atoms with Crippen LogP contribution in [-0.4, -0.2) is 22.9 Å². The summed E-state index contributed by atoms with van der Waals surface area (Å²) in [6, 6.07) is 0. The van der Waals surface area contributed by atoms with Crippen LogP contribution in [0.5, 0.6) is 0 Å². The summed E-state index contributed by atoms with van der Waals surface area (Å²) in [5, 5.41) is 8.37. The molecule has 0 saturated heterocycles. The van der Waals surface area contributed by atoms with Crippen LogP contribution in [-0.2, 0) is 14.4 Å². The molecule has 4 heteroatoms. The van der Waals surface area contributed by atoms with Gasteiger partial charge in [-0.1, -0.05) is 13.8 Å². The number of hydrogen-bond donors (Lipinski definition) is 1. The number of esters is 1. The van der Waals surface area contributed by atoms with E-state index in [0.29, 0.717) is 6.42 Å². The minimum atomic E-state index is -0.870. The van der Waals surface area contributed by atoms with Crippen LogP contribution in [0.3, 0.4) is 0 Å². The summed E-state index contributed by atoms with van der Waals surface area (Å²) < 4.78 is 5.11. The summed E-state index contributed by atoms with van der Waals surface area (Å²) in [4.78, 5) is 15.2. The van der Waals surface area contributed by atoms with Crippen molar-refractivity contribution in [3.05, 3.63) is 0 Å². The van der Waals surface area contributed by atoms with Crippen LogP contribution in [0.4, 0.5) is 0 Å². The number of ether oxygens (including phenoxy) is 1. The third-order valence-corrected chi connectivity index (χ3v) is 1.99. The zero-order valence-electron chi connectivity index (χ0n) is 8.66. The van der Waals surface area contributed by atoms with Crippen LogP contribution in [0.2, 0.25) is 0 Å². The lowest BCUT2D eigenvalue weighted by Crippen LogP contribution is -2.34. The molecule has 0 radical (unpaired) electrons. The molecule has 0 rings (SSSR count). The Balaban J connectivity index is 4.13. The van der Waals surface area contributed by atoms with Crippen LogP contribution < -0.4 is 0 Å². The summed E-state index contributed by atoms with van der Waals surface area (Å²) in [6.45, 7) is 7.29. The maximum absolute atomic E-state index is 11.3. The Hall–Kier alpha value is -0.610. The molecule has 0 spiro atoms. The van der Waals surface area contributed by atoms with Gasteiger partial charge in [0.25, 0.3) is 0 Å². The lowest BCUT2D eigenvalue weighted by atomic mass is 10.1. The second-order valence-electron chi connectivity index (χ2n) is 3.54. The summed E-state index contributed by atoms with van der Waals surface area (Å²) in [5.74, 6) is -0.517. The predicted octanol–water partition coefficient (Wildman–Crippen LogP) is 1.99. The van der Waals surface area contributed by atoms with Crippen molar-refractivity contribution < 1.29 is 19.7 Å². The fraction of sp³-hybridized carbons (Fsp3) is 0.889. The van der Waals surface area contributed by atoms with Gasteiger partial charge in [-0.05, 0) is 26.7 Å². The van der Waals surface area contributed by atoms with Gasteiger partial charge in [0.2, 0.25) is 0 Å². The first-order valence-corrected chi connectivity index (χ1v) is 4.50. The molecule has 1 atom stereocenters. The fourth-order valence-corrected chi connectivity index (χ4v) is 0.694. The average molecular weight is 190 g/mol. The highest BCUT2D eigenvalue weighted by Crippen LogP contribution is 2.15. The van der Waals surface area contributed by atoms with Crippen molar-refractivity contribution in [2.24, 2.45) is 0 Å². The SMILES string of the molecule is CCC(OO)C(=O)OC(C)(C)CC. The lowest BCUT2D eigenvalue weighted by Gasteiger charge is -2.24. The largest absolute Gasteiger partial charge is 0.458 e. The zero-order chi connectivity index (χ0) is 10.5. The first-order chi connectivity index (χ1) is 5.96. The van der Waals surface area contributed by atoms with Gasteiger partial charge in [0, 0.05) is 0 Å². The average Bonchev–Trinajstić information content (AvgIpc) is 2.06. The Labute approximate surface area is 78.8 Å². The van der Waals surface area contributed by atoms with E-state index in [1.165, 1.54) is 0 Å². The summed E-state index contributed by atoms with van der Waals surface area (Å²) >= 11 is 0. The van der Waals surface area contributed by atoms with Crippen LogP contribution in [0.15, 0.2) is 0 Å². The van der Waals surface area contributed by atoms with Gasteiger partial charge in [0.15, 0.2) is 6.10 Å².